The number of fused-ring (bicyclic) bond motifs is 1. The van der Waals surface area contributed by atoms with Crippen molar-refractivity contribution in [3.8, 4) is 11.5 Å². The maximum Gasteiger partial charge on any atom is 0.264 e. The summed E-state index contributed by atoms with van der Waals surface area (Å²) in [6, 6.07) is 11.7. The number of amides is 1. The first-order valence-corrected chi connectivity index (χ1v) is 9.17. The van der Waals surface area contributed by atoms with E-state index in [1.807, 2.05) is 50.3 Å². The van der Waals surface area contributed by atoms with Gasteiger partial charge in [0.05, 0.1) is 10.6 Å². The Morgan fingerprint density at radius 3 is 2.69 bits per heavy atom. The van der Waals surface area contributed by atoms with Crippen LogP contribution in [0, 0.1) is 13.8 Å². The van der Waals surface area contributed by atoms with Crippen molar-refractivity contribution in [2.75, 3.05) is 13.2 Å². The minimum atomic E-state index is -0.145. The monoisotopic (exact) mass is 366 g/mol. The first-order valence-electron chi connectivity index (χ1n) is 8.35. The summed E-state index contributed by atoms with van der Waals surface area (Å²) >= 11 is 1.34. The van der Waals surface area contributed by atoms with Gasteiger partial charge in [-0.2, -0.15) is 0 Å². The van der Waals surface area contributed by atoms with Crippen LogP contribution in [0.5, 0.6) is 11.5 Å². The Hall–Kier alpha value is -2.73. The van der Waals surface area contributed by atoms with E-state index in [4.69, 9.17) is 9.47 Å². The number of aliphatic imine (C=N–C) groups is 1. The number of nitrogens with zero attached hydrogens (tertiary/aromatic N) is 1. The third-order valence-corrected chi connectivity index (χ3v) is 5.00. The third-order valence-electron chi connectivity index (χ3n) is 4.09. The molecule has 6 heteroatoms. The summed E-state index contributed by atoms with van der Waals surface area (Å²) in [7, 11) is 0. The maximum absolute atomic E-state index is 12.3. The van der Waals surface area contributed by atoms with Crippen LogP contribution in [0.15, 0.2) is 46.3 Å². The zero-order chi connectivity index (χ0) is 18.1. The Morgan fingerprint density at radius 2 is 1.88 bits per heavy atom. The molecule has 0 aromatic heterocycles. The van der Waals surface area contributed by atoms with Gasteiger partial charge in [-0.3, -0.25) is 4.79 Å². The first-order chi connectivity index (χ1) is 12.6. The Bertz CT molecular complexity index is 950. The molecule has 2 aromatic carbocycles. The molecule has 26 heavy (non-hydrogen) atoms. The number of ether oxygens (including phenoxy) is 2. The minimum Gasteiger partial charge on any atom is -0.486 e. The lowest BCUT2D eigenvalue weighted by atomic mass is 10.1. The fourth-order valence-corrected chi connectivity index (χ4v) is 3.66. The van der Waals surface area contributed by atoms with Gasteiger partial charge in [0.15, 0.2) is 16.7 Å². The van der Waals surface area contributed by atoms with Gasteiger partial charge in [-0.1, -0.05) is 23.8 Å². The van der Waals surface area contributed by atoms with Crippen LogP contribution >= 0.6 is 11.8 Å². The SMILES string of the molecule is Cc1ccc(N=C2NC(=O)/C(=C\c3ccc4c(c3)OCCO4)S2)c(C)c1. The van der Waals surface area contributed by atoms with Crippen molar-refractivity contribution in [2.24, 2.45) is 4.99 Å². The predicted octanol–water partition coefficient (Wildman–Crippen LogP) is 3.97. The normalized spacial score (nSPS) is 19.1. The summed E-state index contributed by atoms with van der Waals surface area (Å²) < 4.78 is 11.1. The molecule has 0 saturated carbocycles. The molecule has 1 N–H and O–H groups in total. The fraction of sp³-hybridized carbons (Fsp3) is 0.200. The number of nitrogens with one attached hydrogen (secondary N) is 1. The van der Waals surface area contributed by atoms with Crippen LogP contribution in [-0.4, -0.2) is 24.3 Å². The van der Waals surface area contributed by atoms with Gasteiger partial charge in [-0.15, -0.1) is 0 Å². The molecular weight excluding hydrogens is 348 g/mol. The second kappa shape index (κ2) is 6.88. The quantitative estimate of drug-likeness (QED) is 0.817. The molecule has 132 valence electrons. The number of amidine groups is 1. The predicted molar refractivity (Wildman–Crippen MR) is 104 cm³/mol. The number of carbonyl (C=O) groups excluding carboxylic acids is 1. The standard InChI is InChI=1S/C20H18N2O3S/c1-12-3-5-15(13(2)9-12)21-20-22-19(23)18(26-20)11-14-4-6-16-17(10-14)25-8-7-24-16/h3-6,9-11H,7-8H2,1-2H3,(H,21,22,23)/b18-11+. The van der Waals surface area contributed by atoms with E-state index in [1.54, 1.807) is 0 Å². The van der Waals surface area contributed by atoms with E-state index in [0.29, 0.717) is 29.0 Å². The Kier molecular flexibility index (Phi) is 4.42. The summed E-state index contributed by atoms with van der Waals surface area (Å²) in [5, 5.41) is 3.42. The van der Waals surface area contributed by atoms with Gasteiger partial charge in [0, 0.05) is 0 Å². The fourth-order valence-electron chi connectivity index (χ4n) is 2.82. The molecule has 0 spiro atoms. The van der Waals surface area contributed by atoms with Crippen molar-refractivity contribution in [1.82, 2.24) is 5.32 Å². The summed E-state index contributed by atoms with van der Waals surface area (Å²) in [6.07, 6.45) is 1.84. The lowest BCUT2D eigenvalue weighted by Gasteiger charge is -2.18. The summed E-state index contributed by atoms with van der Waals surface area (Å²) in [5.74, 6) is 1.30. The van der Waals surface area contributed by atoms with E-state index < -0.39 is 0 Å². The number of aryl methyl sites for hydroxylation is 2. The highest BCUT2D eigenvalue weighted by molar-refractivity contribution is 8.18. The van der Waals surface area contributed by atoms with Crippen LogP contribution in [0.4, 0.5) is 5.69 Å². The van der Waals surface area contributed by atoms with Crippen LogP contribution in [0.3, 0.4) is 0 Å². The van der Waals surface area contributed by atoms with Crippen LogP contribution in [-0.2, 0) is 4.79 Å². The molecule has 1 fully saturated rings. The number of carbonyl (C=O) groups is 1. The molecule has 0 atom stereocenters. The van der Waals surface area contributed by atoms with Crippen LogP contribution < -0.4 is 14.8 Å². The number of hydrogen-bond donors (Lipinski definition) is 1. The van der Waals surface area contributed by atoms with Gasteiger partial charge in [0.2, 0.25) is 0 Å². The van der Waals surface area contributed by atoms with Crippen LogP contribution in [0.25, 0.3) is 6.08 Å². The lowest BCUT2D eigenvalue weighted by molar-refractivity contribution is -0.115. The van der Waals surface area contributed by atoms with E-state index in [-0.39, 0.29) is 5.91 Å². The smallest absolute Gasteiger partial charge is 0.264 e. The van der Waals surface area contributed by atoms with Gasteiger partial charge in [0.1, 0.15) is 13.2 Å². The van der Waals surface area contributed by atoms with Crippen molar-refractivity contribution >= 4 is 34.6 Å². The Labute approximate surface area is 156 Å². The topological polar surface area (TPSA) is 59.9 Å². The number of benzene rings is 2. The van der Waals surface area contributed by atoms with Crippen LogP contribution in [0.1, 0.15) is 16.7 Å². The first kappa shape index (κ1) is 16.7. The zero-order valence-corrected chi connectivity index (χ0v) is 15.4. The molecule has 0 radical (unpaired) electrons. The molecule has 2 aromatic rings. The van der Waals surface area contributed by atoms with Gasteiger partial charge in [0.25, 0.3) is 5.91 Å². The number of rotatable bonds is 2. The highest BCUT2D eigenvalue weighted by Gasteiger charge is 2.24. The molecule has 0 bridgehead atoms. The third kappa shape index (κ3) is 3.46. The summed E-state index contributed by atoms with van der Waals surface area (Å²) in [4.78, 5) is 17.4. The van der Waals surface area contributed by atoms with E-state index in [1.165, 1.54) is 17.3 Å². The molecule has 2 aliphatic rings. The molecule has 1 amide bonds. The summed E-state index contributed by atoms with van der Waals surface area (Å²) in [6.45, 7) is 5.16. The largest absolute Gasteiger partial charge is 0.486 e. The van der Waals surface area contributed by atoms with E-state index in [9.17, 15) is 4.79 Å². The van der Waals surface area contributed by atoms with Gasteiger partial charge in [-0.25, -0.2) is 4.99 Å². The second-order valence-corrected chi connectivity index (χ2v) is 7.21. The molecule has 2 heterocycles. The van der Waals surface area contributed by atoms with E-state index >= 15 is 0 Å². The molecular formula is C20H18N2O3S. The van der Waals surface area contributed by atoms with Gasteiger partial charge >= 0.3 is 0 Å². The Morgan fingerprint density at radius 1 is 1.08 bits per heavy atom. The Balaban J connectivity index is 1.58. The average molecular weight is 366 g/mol. The molecule has 5 nitrogen and oxygen atoms in total. The van der Waals surface area contributed by atoms with E-state index in [2.05, 4.69) is 16.4 Å². The van der Waals surface area contributed by atoms with Gasteiger partial charge in [-0.05, 0) is 61.0 Å². The van der Waals surface area contributed by atoms with Crippen molar-refractivity contribution in [3.63, 3.8) is 0 Å². The molecule has 0 aliphatic carbocycles. The summed E-state index contributed by atoms with van der Waals surface area (Å²) in [5.41, 5.74) is 4.02. The van der Waals surface area contributed by atoms with E-state index in [0.717, 1.165) is 22.6 Å². The lowest BCUT2D eigenvalue weighted by Crippen LogP contribution is -2.19. The molecule has 2 aliphatic heterocycles. The number of hydrogen-bond acceptors (Lipinski definition) is 5. The van der Waals surface area contributed by atoms with Crippen LogP contribution in [0.2, 0.25) is 0 Å². The highest BCUT2D eigenvalue weighted by Crippen LogP contribution is 2.34. The van der Waals surface area contributed by atoms with Crippen molar-refractivity contribution in [2.45, 2.75) is 13.8 Å². The highest BCUT2D eigenvalue weighted by atomic mass is 32.2. The molecule has 4 rings (SSSR count). The van der Waals surface area contributed by atoms with Crippen molar-refractivity contribution in [1.29, 1.82) is 0 Å². The van der Waals surface area contributed by atoms with Crippen molar-refractivity contribution in [3.05, 3.63) is 58.0 Å². The molecule has 1 saturated heterocycles. The molecule has 0 unspecified atom stereocenters. The second-order valence-electron chi connectivity index (χ2n) is 6.17. The van der Waals surface area contributed by atoms with Crippen molar-refractivity contribution < 1.29 is 14.3 Å². The average Bonchev–Trinajstić information content (AvgIpc) is 2.96. The van der Waals surface area contributed by atoms with Gasteiger partial charge < -0.3 is 14.8 Å². The maximum atomic E-state index is 12.3. The zero-order valence-electron chi connectivity index (χ0n) is 14.5. The number of thioether (sulfide) groups is 1. The minimum absolute atomic E-state index is 0.145.